The molecule has 1 heterocycles. The summed E-state index contributed by atoms with van der Waals surface area (Å²) in [5.74, 6) is -0.238. The number of rotatable bonds is 6. The van der Waals surface area contributed by atoms with Gasteiger partial charge in [-0.2, -0.15) is 5.26 Å². The molecule has 0 N–H and O–H groups in total. The van der Waals surface area contributed by atoms with Crippen LogP contribution >= 0.6 is 0 Å². The van der Waals surface area contributed by atoms with Gasteiger partial charge in [0.05, 0.1) is 16.6 Å². The van der Waals surface area contributed by atoms with Gasteiger partial charge in [0, 0.05) is 12.1 Å². The van der Waals surface area contributed by atoms with E-state index in [4.69, 9.17) is 14.4 Å². The second-order valence-corrected chi connectivity index (χ2v) is 5.27. The summed E-state index contributed by atoms with van der Waals surface area (Å²) in [6.45, 7) is 3.59. The molecule has 0 radical (unpaired) electrons. The number of carbonyl (C=O) groups excluding carboxylic acids is 1. The van der Waals surface area contributed by atoms with Crippen LogP contribution < -0.4 is 0 Å². The molecule has 0 amide bonds. The third-order valence-electron chi connectivity index (χ3n) is 3.50. The number of nitriles is 1. The van der Waals surface area contributed by atoms with Crippen molar-refractivity contribution in [1.29, 1.82) is 5.26 Å². The number of nitro groups is 1. The first kappa shape index (κ1) is 17.9. The number of furan rings is 1. The van der Waals surface area contributed by atoms with Crippen LogP contribution in [-0.4, -0.2) is 17.0 Å². The van der Waals surface area contributed by atoms with E-state index in [1.165, 1.54) is 18.2 Å². The Morgan fingerprint density at radius 2 is 2.12 bits per heavy atom. The summed E-state index contributed by atoms with van der Waals surface area (Å²) in [5.41, 5.74) is 0.0145. The zero-order chi connectivity index (χ0) is 18.4. The molecule has 0 unspecified atom stereocenters. The Kier molecular flexibility index (Phi) is 5.69. The van der Waals surface area contributed by atoms with Crippen molar-refractivity contribution in [3.05, 3.63) is 57.8 Å². The Bertz CT molecular complexity index is 860. The van der Waals surface area contributed by atoms with Gasteiger partial charge in [-0.25, -0.2) is 4.79 Å². The summed E-state index contributed by atoms with van der Waals surface area (Å²) >= 11 is 0. The average molecular weight is 340 g/mol. The third kappa shape index (κ3) is 4.32. The highest BCUT2D eigenvalue weighted by molar-refractivity contribution is 5.97. The van der Waals surface area contributed by atoms with Crippen molar-refractivity contribution >= 4 is 17.7 Å². The van der Waals surface area contributed by atoms with Gasteiger partial charge in [0.25, 0.3) is 5.69 Å². The lowest BCUT2D eigenvalue weighted by molar-refractivity contribution is -0.384. The smallest absolute Gasteiger partial charge is 0.349 e. The minimum Gasteiger partial charge on any atom is -0.459 e. The molecule has 0 aliphatic heterocycles. The highest BCUT2D eigenvalue weighted by Gasteiger charge is 2.18. The monoisotopic (exact) mass is 340 g/mol. The maximum atomic E-state index is 11.9. The molecule has 7 nitrogen and oxygen atoms in total. The van der Waals surface area contributed by atoms with Gasteiger partial charge in [-0.15, -0.1) is 0 Å². The van der Waals surface area contributed by atoms with Gasteiger partial charge in [0.2, 0.25) is 0 Å². The van der Waals surface area contributed by atoms with Crippen LogP contribution in [0.3, 0.4) is 0 Å². The molecule has 0 fully saturated rings. The van der Waals surface area contributed by atoms with Crippen LogP contribution in [0.15, 0.2) is 46.4 Å². The summed E-state index contributed by atoms with van der Waals surface area (Å²) in [7, 11) is 0. The number of esters is 1. The van der Waals surface area contributed by atoms with Gasteiger partial charge in [-0.1, -0.05) is 19.1 Å². The van der Waals surface area contributed by atoms with Gasteiger partial charge >= 0.3 is 5.97 Å². The summed E-state index contributed by atoms with van der Waals surface area (Å²) in [5, 5.41) is 20.2. The number of ether oxygens (including phenoxy) is 1. The molecule has 0 saturated heterocycles. The standard InChI is InChI=1S/C18H16N2O5/c1-3-12(2)24-18(21)13(11-19)10-14-8-9-17(25-14)15-6-4-5-7-16(15)20(22)23/h4-10,12H,3H2,1-2H3/b13-10+/t12-/m1/s1. The van der Waals surface area contributed by atoms with Crippen molar-refractivity contribution in [2.45, 2.75) is 26.4 Å². The lowest BCUT2D eigenvalue weighted by atomic mass is 10.1. The Balaban J connectivity index is 2.31. The first-order valence-corrected chi connectivity index (χ1v) is 7.62. The van der Waals surface area contributed by atoms with Crippen molar-refractivity contribution in [3.8, 4) is 17.4 Å². The average Bonchev–Trinajstić information content (AvgIpc) is 3.07. The molecule has 0 bridgehead atoms. The van der Waals surface area contributed by atoms with E-state index in [1.54, 1.807) is 37.3 Å². The zero-order valence-electron chi connectivity index (χ0n) is 13.8. The zero-order valence-corrected chi connectivity index (χ0v) is 13.8. The van der Waals surface area contributed by atoms with Crippen LogP contribution in [-0.2, 0) is 9.53 Å². The number of carbonyl (C=O) groups is 1. The molecule has 0 saturated carbocycles. The number of nitro benzene ring substituents is 1. The lowest BCUT2D eigenvalue weighted by Gasteiger charge is -2.09. The molecule has 0 aliphatic rings. The Hall–Kier alpha value is -3.40. The predicted octanol–water partition coefficient (Wildman–Crippen LogP) is 4.10. The van der Waals surface area contributed by atoms with Gasteiger partial charge in [0.1, 0.15) is 23.2 Å². The summed E-state index contributed by atoms with van der Waals surface area (Å²) in [6.07, 6.45) is 1.58. The molecule has 2 rings (SSSR count). The van der Waals surface area contributed by atoms with Crippen molar-refractivity contribution in [3.63, 3.8) is 0 Å². The van der Waals surface area contributed by atoms with E-state index in [9.17, 15) is 14.9 Å². The maximum absolute atomic E-state index is 11.9. The highest BCUT2D eigenvalue weighted by Crippen LogP contribution is 2.31. The van der Waals surface area contributed by atoms with Crippen LogP contribution in [0.5, 0.6) is 0 Å². The quantitative estimate of drug-likeness (QED) is 0.257. The van der Waals surface area contributed by atoms with Gasteiger partial charge in [0.15, 0.2) is 0 Å². The minimum atomic E-state index is -0.736. The molecule has 0 spiro atoms. The minimum absolute atomic E-state index is 0.0935. The van der Waals surface area contributed by atoms with Crippen molar-refractivity contribution in [2.24, 2.45) is 0 Å². The first-order valence-electron chi connectivity index (χ1n) is 7.62. The summed E-state index contributed by atoms with van der Waals surface area (Å²) in [6, 6.07) is 11.0. The van der Waals surface area contributed by atoms with Gasteiger partial charge in [-0.05, 0) is 31.5 Å². The molecular formula is C18H16N2O5. The number of hydrogen-bond acceptors (Lipinski definition) is 6. The second-order valence-electron chi connectivity index (χ2n) is 5.27. The van der Waals surface area contributed by atoms with Crippen molar-refractivity contribution < 1.29 is 18.9 Å². The molecule has 1 aromatic carbocycles. The second kappa shape index (κ2) is 7.93. The van der Waals surface area contributed by atoms with Crippen LogP contribution in [0.1, 0.15) is 26.0 Å². The van der Waals surface area contributed by atoms with E-state index in [1.807, 2.05) is 6.92 Å². The fraction of sp³-hybridized carbons (Fsp3) is 0.222. The molecule has 128 valence electrons. The van der Waals surface area contributed by atoms with E-state index >= 15 is 0 Å². The van der Waals surface area contributed by atoms with Crippen molar-refractivity contribution in [2.75, 3.05) is 0 Å². The highest BCUT2D eigenvalue weighted by atomic mass is 16.6. The molecule has 1 atom stereocenters. The first-order chi connectivity index (χ1) is 12.0. The van der Waals surface area contributed by atoms with Crippen LogP contribution in [0.4, 0.5) is 5.69 Å². The maximum Gasteiger partial charge on any atom is 0.349 e. The normalized spacial score (nSPS) is 12.3. The molecule has 1 aromatic heterocycles. The van der Waals surface area contributed by atoms with Gasteiger partial charge in [-0.3, -0.25) is 10.1 Å². The van der Waals surface area contributed by atoms with Crippen LogP contribution in [0.2, 0.25) is 0 Å². The van der Waals surface area contributed by atoms with Crippen LogP contribution in [0, 0.1) is 21.4 Å². The van der Waals surface area contributed by atoms with E-state index in [2.05, 4.69) is 0 Å². The fourth-order valence-corrected chi connectivity index (χ4v) is 2.03. The molecular weight excluding hydrogens is 324 g/mol. The Morgan fingerprint density at radius 3 is 2.76 bits per heavy atom. The summed E-state index contributed by atoms with van der Waals surface area (Å²) < 4.78 is 10.6. The number of benzene rings is 1. The molecule has 0 aliphatic carbocycles. The summed E-state index contributed by atoms with van der Waals surface area (Å²) in [4.78, 5) is 22.5. The number of nitrogens with zero attached hydrogens (tertiary/aromatic N) is 2. The van der Waals surface area contributed by atoms with Crippen molar-refractivity contribution in [1.82, 2.24) is 0 Å². The molecule has 7 heteroatoms. The third-order valence-corrected chi connectivity index (χ3v) is 3.50. The van der Waals surface area contributed by atoms with E-state index in [0.717, 1.165) is 0 Å². The Labute approximate surface area is 144 Å². The number of para-hydroxylation sites is 1. The molecule has 25 heavy (non-hydrogen) atoms. The van der Waals surface area contributed by atoms with Gasteiger partial charge < -0.3 is 9.15 Å². The SMILES string of the molecule is CC[C@@H](C)OC(=O)/C(C#N)=C/c1ccc(-c2ccccc2[N+](=O)[O-])o1. The molecule has 2 aromatic rings. The van der Waals surface area contributed by atoms with E-state index in [-0.39, 0.29) is 28.9 Å². The fourth-order valence-electron chi connectivity index (χ4n) is 2.03. The predicted molar refractivity (Wildman–Crippen MR) is 90.2 cm³/mol. The largest absolute Gasteiger partial charge is 0.459 e. The topological polar surface area (TPSA) is 106 Å². The lowest BCUT2D eigenvalue weighted by Crippen LogP contribution is -2.15. The van der Waals surface area contributed by atoms with E-state index in [0.29, 0.717) is 12.0 Å². The van der Waals surface area contributed by atoms with Crippen LogP contribution in [0.25, 0.3) is 17.4 Å². The number of hydrogen-bond donors (Lipinski definition) is 0. The van der Waals surface area contributed by atoms with E-state index < -0.39 is 10.9 Å². The Morgan fingerprint density at radius 1 is 1.40 bits per heavy atom.